The van der Waals surface area contributed by atoms with Crippen LogP contribution in [0.25, 0.3) is 5.82 Å². The molecule has 1 aliphatic rings. The number of carbonyl (C=O) groups is 1. The van der Waals surface area contributed by atoms with E-state index in [0.29, 0.717) is 25.5 Å². The number of nitrogens with one attached hydrogen (secondary N) is 1. The molecule has 1 fully saturated rings. The van der Waals surface area contributed by atoms with E-state index >= 15 is 0 Å². The smallest absolute Gasteiger partial charge is 0.317 e. The summed E-state index contributed by atoms with van der Waals surface area (Å²) in [7, 11) is 0. The number of pyridine rings is 1. The second kappa shape index (κ2) is 8.87. The fourth-order valence-corrected chi connectivity index (χ4v) is 3.79. The second-order valence-electron chi connectivity index (χ2n) is 7.28. The van der Waals surface area contributed by atoms with Gasteiger partial charge in [-0.1, -0.05) is 36.4 Å². The maximum absolute atomic E-state index is 12.6. The van der Waals surface area contributed by atoms with Gasteiger partial charge >= 0.3 is 6.03 Å². The number of aliphatic hydroxyl groups is 1. The Morgan fingerprint density at radius 1 is 1.10 bits per heavy atom. The van der Waals surface area contributed by atoms with Gasteiger partial charge in [-0.15, -0.1) is 0 Å². The second-order valence-corrected chi connectivity index (χ2v) is 7.28. The third-order valence-corrected chi connectivity index (χ3v) is 5.43. The SMILES string of the molecule is O=C(NCc1cccnc1-n1cccn1)N1CCC(C(O)c2ccccc2)CC1. The third-order valence-electron chi connectivity index (χ3n) is 5.43. The van der Waals surface area contributed by atoms with Crippen LogP contribution in [0.5, 0.6) is 0 Å². The van der Waals surface area contributed by atoms with Crippen LogP contribution in [0.2, 0.25) is 0 Å². The molecule has 2 amide bonds. The standard InChI is InChI=1S/C22H25N5O2/c28-20(17-6-2-1-3-7-17)18-9-14-26(15-10-18)22(29)24-16-19-8-4-11-23-21(19)27-13-5-12-25-27/h1-8,11-13,18,20,28H,9-10,14-16H2,(H,24,29). The summed E-state index contributed by atoms with van der Waals surface area (Å²) in [5.41, 5.74) is 1.84. The number of aliphatic hydroxyl groups excluding tert-OH is 1. The number of benzene rings is 1. The van der Waals surface area contributed by atoms with Crippen LogP contribution in [0.15, 0.2) is 67.1 Å². The first-order valence-corrected chi connectivity index (χ1v) is 9.92. The largest absolute Gasteiger partial charge is 0.388 e. The predicted octanol–water partition coefficient (Wildman–Crippen LogP) is 2.92. The quantitative estimate of drug-likeness (QED) is 0.701. The van der Waals surface area contributed by atoms with Crippen LogP contribution >= 0.6 is 0 Å². The lowest BCUT2D eigenvalue weighted by atomic mass is 9.87. The lowest BCUT2D eigenvalue weighted by Gasteiger charge is -2.34. The Morgan fingerprint density at radius 2 is 1.90 bits per heavy atom. The van der Waals surface area contributed by atoms with Crippen LogP contribution in [-0.4, -0.2) is 43.9 Å². The maximum Gasteiger partial charge on any atom is 0.317 e. The molecule has 150 valence electrons. The molecule has 0 aliphatic carbocycles. The highest BCUT2D eigenvalue weighted by atomic mass is 16.3. The van der Waals surface area contributed by atoms with Crippen molar-refractivity contribution in [2.45, 2.75) is 25.5 Å². The molecule has 2 N–H and O–H groups in total. The molecule has 1 aromatic carbocycles. The summed E-state index contributed by atoms with van der Waals surface area (Å²) in [5, 5.41) is 17.8. The van der Waals surface area contributed by atoms with Crippen molar-refractivity contribution < 1.29 is 9.90 Å². The van der Waals surface area contributed by atoms with Gasteiger partial charge in [-0.05, 0) is 36.5 Å². The van der Waals surface area contributed by atoms with E-state index in [2.05, 4.69) is 15.4 Å². The summed E-state index contributed by atoms with van der Waals surface area (Å²) in [6, 6.07) is 15.3. The number of likely N-dealkylation sites (tertiary alicyclic amines) is 1. The Kier molecular flexibility index (Phi) is 5.86. The Labute approximate surface area is 170 Å². The van der Waals surface area contributed by atoms with E-state index in [1.165, 1.54) is 0 Å². The Morgan fingerprint density at radius 3 is 2.62 bits per heavy atom. The van der Waals surface area contributed by atoms with E-state index in [4.69, 9.17) is 0 Å². The fraction of sp³-hybridized carbons (Fsp3) is 0.318. The molecule has 1 unspecified atom stereocenters. The van der Waals surface area contributed by atoms with Gasteiger partial charge in [0.15, 0.2) is 5.82 Å². The van der Waals surface area contributed by atoms with Crippen molar-refractivity contribution in [1.82, 2.24) is 25.0 Å². The predicted molar refractivity (Wildman–Crippen MR) is 109 cm³/mol. The van der Waals surface area contributed by atoms with Gasteiger partial charge in [-0.2, -0.15) is 5.10 Å². The zero-order valence-electron chi connectivity index (χ0n) is 16.2. The number of hydrogen-bond acceptors (Lipinski definition) is 4. The molecule has 1 saturated heterocycles. The molecule has 2 aromatic heterocycles. The van der Waals surface area contributed by atoms with Crippen molar-refractivity contribution in [2.24, 2.45) is 5.92 Å². The number of amides is 2. The Bertz CT molecular complexity index is 921. The molecule has 0 spiro atoms. The van der Waals surface area contributed by atoms with Crippen molar-refractivity contribution in [3.63, 3.8) is 0 Å². The minimum atomic E-state index is -0.478. The van der Waals surface area contributed by atoms with Gasteiger partial charge in [0.1, 0.15) is 0 Å². The van der Waals surface area contributed by atoms with E-state index in [1.54, 1.807) is 17.1 Å². The van der Waals surface area contributed by atoms with Gasteiger partial charge in [0.05, 0.1) is 6.10 Å². The van der Waals surface area contributed by atoms with Gasteiger partial charge in [0.25, 0.3) is 0 Å². The highest BCUT2D eigenvalue weighted by molar-refractivity contribution is 5.74. The van der Waals surface area contributed by atoms with Gasteiger partial charge in [0, 0.05) is 43.8 Å². The molecule has 1 atom stereocenters. The average molecular weight is 391 g/mol. The maximum atomic E-state index is 12.6. The van der Waals surface area contributed by atoms with E-state index in [1.807, 2.05) is 59.6 Å². The van der Waals surface area contributed by atoms with Crippen LogP contribution in [-0.2, 0) is 6.54 Å². The molecule has 0 saturated carbocycles. The van der Waals surface area contributed by atoms with Crippen LogP contribution < -0.4 is 5.32 Å². The summed E-state index contributed by atoms with van der Waals surface area (Å²) in [4.78, 5) is 18.8. The minimum Gasteiger partial charge on any atom is -0.388 e. The summed E-state index contributed by atoms with van der Waals surface area (Å²) >= 11 is 0. The fourth-order valence-electron chi connectivity index (χ4n) is 3.79. The average Bonchev–Trinajstić information content (AvgIpc) is 3.33. The van der Waals surface area contributed by atoms with Crippen LogP contribution in [0.3, 0.4) is 0 Å². The Balaban J connectivity index is 1.31. The minimum absolute atomic E-state index is 0.0899. The summed E-state index contributed by atoms with van der Waals surface area (Å²) < 4.78 is 1.69. The molecular formula is C22H25N5O2. The number of piperidine rings is 1. The third kappa shape index (κ3) is 4.46. The van der Waals surface area contributed by atoms with Gasteiger partial charge in [-0.25, -0.2) is 14.5 Å². The zero-order valence-corrected chi connectivity index (χ0v) is 16.2. The van der Waals surface area contributed by atoms with Gasteiger partial charge in [0.2, 0.25) is 0 Å². The Hall–Kier alpha value is -3.19. The summed E-state index contributed by atoms with van der Waals surface area (Å²) in [5.74, 6) is 0.883. The van der Waals surface area contributed by atoms with Crippen molar-refractivity contribution in [1.29, 1.82) is 0 Å². The van der Waals surface area contributed by atoms with Gasteiger partial charge < -0.3 is 15.3 Å². The first-order valence-electron chi connectivity index (χ1n) is 9.92. The lowest BCUT2D eigenvalue weighted by molar-refractivity contribution is 0.0665. The summed E-state index contributed by atoms with van der Waals surface area (Å²) in [6.07, 6.45) is 6.34. The van der Waals surface area contributed by atoms with Crippen LogP contribution in [0.4, 0.5) is 4.79 Å². The molecular weight excluding hydrogens is 366 g/mol. The lowest BCUT2D eigenvalue weighted by Crippen LogP contribution is -2.45. The molecule has 0 bridgehead atoms. The molecule has 7 heteroatoms. The topological polar surface area (TPSA) is 83.3 Å². The highest BCUT2D eigenvalue weighted by Gasteiger charge is 2.28. The van der Waals surface area contributed by atoms with E-state index < -0.39 is 6.10 Å². The normalized spacial score (nSPS) is 15.8. The van der Waals surface area contributed by atoms with Crippen molar-refractivity contribution >= 4 is 6.03 Å². The van der Waals surface area contributed by atoms with E-state index in [9.17, 15) is 9.90 Å². The van der Waals surface area contributed by atoms with E-state index in [0.717, 1.165) is 24.0 Å². The molecule has 1 aliphatic heterocycles. The van der Waals surface area contributed by atoms with Gasteiger partial charge in [-0.3, -0.25) is 0 Å². The monoisotopic (exact) mass is 391 g/mol. The molecule has 3 aromatic rings. The number of urea groups is 1. The van der Waals surface area contributed by atoms with Crippen molar-refractivity contribution in [3.05, 3.63) is 78.2 Å². The summed E-state index contributed by atoms with van der Waals surface area (Å²) in [6.45, 7) is 1.66. The molecule has 29 heavy (non-hydrogen) atoms. The first kappa shape index (κ1) is 19.1. The molecule has 7 nitrogen and oxygen atoms in total. The highest BCUT2D eigenvalue weighted by Crippen LogP contribution is 2.30. The van der Waals surface area contributed by atoms with E-state index in [-0.39, 0.29) is 11.9 Å². The number of rotatable bonds is 5. The van der Waals surface area contributed by atoms with Crippen molar-refractivity contribution in [3.8, 4) is 5.82 Å². The molecule has 4 rings (SSSR count). The van der Waals surface area contributed by atoms with Crippen molar-refractivity contribution in [2.75, 3.05) is 13.1 Å². The first-order chi connectivity index (χ1) is 14.2. The number of aromatic nitrogens is 3. The van der Waals surface area contributed by atoms with Crippen LogP contribution in [0, 0.1) is 5.92 Å². The number of carbonyl (C=O) groups excluding carboxylic acids is 1. The molecule has 0 radical (unpaired) electrons. The zero-order chi connectivity index (χ0) is 20.1. The number of hydrogen-bond donors (Lipinski definition) is 2. The molecule has 3 heterocycles. The van der Waals surface area contributed by atoms with Crippen LogP contribution in [0.1, 0.15) is 30.1 Å². The number of nitrogens with zero attached hydrogens (tertiary/aromatic N) is 4.